The highest BCUT2D eigenvalue weighted by atomic mass is 32.2. The van der Waals surface area contributed by atoms with Crippen LogP contribution in [0.3, 0.4) is 0 Å². The van der Waals surface area contributed by atoms with Crippen LogP contribution in [0.25, 0.3) is 22.2 Å². The summed E-state index contributed by atoms with van der Waals surface area (Å²) in [5.41, 5.74) is 5.03. The quantitative estimate of drug-likeness (QED) is 0.0578. The fraction of sp³-hybridized carbons (Fsp3) is 0.382. The zero-order valence-corrected chi connectivity index (χ0v) is 31.0. The molecule has 0 aliphatic rings. The number of hydrogen-bond donors (Lipinski definition) is 1. The average molecular weight is 726 g/mol. The number of aromatic nitrogens is 5. The number of hydrogen-bond acceptors (Lipinski definition) is 13. The Bertz CT molecular complexity index is 2010. The van der Waals surface area contributed by atoms with Gasteiger partial charge in [0.05, 0.1) is 25.9 Å². The van der Waals surface area contributed by atoms with Gasteiger partial charge in [-0.3, -0.25) is 18.9 Å². The minimum absolute atomic E-state index is 0. The summed E-state index contributed by atoms with van der Waals surface area (Å²) in [6, 6.07) is 13.8. The molecule has 0 fully saturated rings. The zero-order chi connectivity index (χ0) is 35.2. The predicted octanol–water partition coefficient (Wildman–Crippen LogP) is 6.06. The molecule has 3 aromatic heterocycles. The van der Waals surface area contributed by atoms with Gasteiger partial charge in [-0.1, -0.05) is 60.1 Å². The van der Waals surface area contributed by atoms with Gasteiger partial charge in [-0.15, -0.1) is 0 Å². The van der Waals surface area contributed by atoms with Crippen molar-refractivity contribution < 1.29 is 28.3 Å². The first-order valence-electron chi connectivity index (χ1n) is 15.9. The maximum absolute atomic E-state index is 14.0. The van der Waals surface area contributed by atoms with Crippen LogP contribution in [0.5, 0.6) is 0 Å². The predicted molar refractivity (Wildman–Crippen MR) is 197 cm³/mol. The SMILES string of the molecule is CCCCc1nc2c(c(C(=O)OC)nn2C)c(=O)n1Cc1ccc(-c2ccccc2N(C)SON(O)c2noc(C)c2C)c(COCC)c1.S. The first kappa shape index (κ1) is 38.5. The molecule has 3 heterocycles. The molecule has 0 aliphatic heterocycles. The zero-order valence-electron chi connectivity index (χ0n) is 29.2. The lowest BCUT2D eigenvalue weighted by atomic mass is 9.96. The Balaban J connectivity index is 0.00000562. The number of esters is 1. The van der Waals surface area contributed by atoms with E-state index in [1.54, 1.807) is 29.8 Å². The summed E-state index contributed by atoms with van der Waals surface area (Å²) in [4.78, 5) is 31.4. The third kappa shape index (κ3) is 8.00. The second-order valence-corrected chi connectivity index (χ2v) is 12.3. The van der Waals surface area contributed by atoms with Gasteiger partial charge in [0.15, 0.2) is 11.3 Å². The molecule has 0 atom stereocenters. The van der Waals surface area contributed by atoms with Crippen molar-refractivity contribution in [2.45, 2.75) is 60.1 Å². The van der Waals surface area contributed by atoms with E-state index in [-0.39, 0.29) is 42.5 Å². The Labute approximate surface area is 301 Å². The largest absolute Gasteiger partial charge is 0.464 e. The first-order chi connectivity index (χ1) is 23.6. The second kappa shape index (κ2) is 17.0. The van der Waals surface area contributed by atoms with Gasteiger partial charge < -0.3 is 14.0 Å². The Hall–Kier alpha value is -4.35. The smallest absolute Gasteiger partial charge is 0.359 e. The van der Waals surface area contributed by atoms with Gasteiger partial charge in [0.1, 0.15) is 29.2 Å². The summed E-state index contributed by atoms with van der Waals surface area (Å²) >= 11 is 0.916. The highest BCUT2D eigenvalue weighted by Crippen LogP contribution is 2.37. The lowest BCUT2D eigenvalue weighted by molar-refractivity contribution is 0.0594. The average Bonchev–Trinajstić information content (AvgIpc) is 3.63. The third-order valence-corrected chi connectivity index (χ3v) is 8.82. The monoisotopic (exact) mass is 725 g/mol. The maximum Gasteiger partial charge on any atom is 0.359 e. The van der Waals surface area contributed by atoms with Crippen LogP contribution < -0.4 is 15.1 Å². The highest BCUT2D eigenvalue weighted by Gasteiger charge is 2.24. The minimum atomic E-state index is -0.692. The number of fused-ring (bicyclic) bond motifs is 1. The molecule has 5 rings (SSSR count). The Morgan fingerprint density at radius 3 is 2.56 bits per heavy atom. The molecule has 5 aromatic rings. The highest BCUT2D eigenvalue weighted by molar-refractivity contribution is 7.96. The number of anilines is 2. The van der Waals surface area contributed by atoms with Gasteiger partial charge in [0.25, 0.3) is 5.56 Å². The second-order valence-electron chi connectivity index (χ2n) is 11.4. The van der Waals surface area contributed by atoms with Gasteiger partial charge in [-0.2, -0.15) is 22.9 Å². The molecule has 0 aliphatic carbocycles. The van der Waals surface area contributed by atoms with E-state index in [0.717, 1.165) is 53.0 Å². The van der Waals surface area contributed by atoms with Crippen LogP contribution >= 0.6 is 25.7 Å². The molecule has 2 aromatic carbocycles. The van der Waals surface area contributed by atoms with Crippen molar-refractivity contribution in [2.24, 2.45) is 7.05 Å². The molecule has 50 heavy (non-hydrogen) atoms. The summed E-state index contributed by atoms with van der Waals surface area (Å²) in [7, 11) is 4.74. The number of carbonyl (C=O) groups is 1. The van der Waals surface area contributed by atoms with E-state index in [4.69, 9.17) is 23.3 Å². The number of ether oxygens (including phenoxy) is 2. The molecule has 0 amide bonds. The van der Waals surface area contributed by atoms with Crippen molar-refractivity contribution in [2.75, 3.05) is 30.3 Å². The van der Waals surface area contributed by atoms with Crippen LogP contribution in [0.4, 0.5) is 11.5 Å². The molecule has 0 saturated heterocycles. The lowest BCUT2D eigenvalue weighted by Crippen LogP contribution is -2.27. The van der Waals surface area contributed by atoms with Crippen LogP contribution in [-0.2, 0) is 40.4 Å². The molecule has 268 valence electrons. The molecule has 0 bridgehead atoms. The molecule has 14 nitrogen and oxygen atoms in total. The van der Waals surface area contributed by atoms with Crippen molar-refractivity contribution in [3.05, 3.63) is 86.8 Å². The topological polar surface area (TPSA) is 150 Å². The first-order valence-corrected chi connectivity index (χ1v) is 16.6. The molecule has 0 saturated carbocycles. The van der Waals surface area contributed by atoms with E-state index in [0.29, 0.717) is 47.7 Å². The van der Waals surface area contributed by atoms with Crippen molar-refractivity contribution in [1.29, 1.82) is 0 Å². The number of nitrogens with zero attached hydrogens (tertiary/aromatic N) is 7. The molecule has 1 N–H and O–H groups in total. The van der Waals surface area contributed by atoms with E-state index in [2.05, 4.69) is 17.2 Å². The summed E-state index contributed by atoms with van der Waals surface area (Å²) in [5.74, 6) is 0.668. The number of rotatable bonds is 15. The molecule has 16 heteroatoms. The molecule has 0 unspecified atom stereocenters. The summed E-state index contributed by atoms with van der Waals surface area (Å²) in [5, 5.41) is 19.3. The van der Waals surface area contributed by atoms with Gasteiger partial charge in [0.2, 0.25) is 5.82 Å². The number of para-hydroxylation sites is 1. The standard InChI is InChI=1S/C34H41N7O7S.H2S/c1-8-10-15-28-35-32-29(30(34(43)45-7)36-38(32)5)33(42)40(28)19-23-16-17-25(24(18-23)20-46-9-2)26-13-11-12-14-27(26)39(6)49-48-41(44)31-21(3)22(4)47-37-31;/h11-14,16-18,44H,8-10,15,19-20H2,1-7H3;1H2. The van der Waals surface area contributed by atoms with Gasteiger partial charge in [-0.25, -0.2) is 14.5 Å². The van der Waals surface area contributed by atoms with Gasteiger partial charge in [0, 0.05) is 38.2 Å². The molecular formula is C34H43N7O7S2. The third-order valence-electron chi connectivity index (χ3n) is 8.19. The van der Waals surface area contributed by atoms with Crippen LogP contribution in [0.15, 0.2) is 51.8 Å². The van der Waals surface area contributed by atoms with Crippen molar-refractivity contribution >= 4 is 54.2 Å². The molecule has 0 radical (unpaired) electrons. The fourth-order valence-electron chi connectivity index (χ4n) is 5.44. The van der Waals surface area contributed by atoms with E-state index < -0.39 is 5.97 Å². The normalized spacial score (nSPS) is 11.1. The van der Waals surface area contributed by atoms with Crippen LogP contribution in [0.1, 0.15) is 65.5 Å². The van der Waals surface area contributed by atoms with Crippen LogP contribution in [0.2, 0.25) is 0 Å². The number of benzene rings is 2. The summed E-state index contributed by atoms with van der Waals surface area (Å²) < 4.78 is 26.3. The molecule has 0 spiro atoms. The van der Waals surface area contributed by atoms with E-state index in [1.807, 2.05) is 56.4 Å². The molecular weight excluding hydrogens is 683 g/mol. The van der Waals surface area contributed by atoms with E-state index in [9.17, 15) is 14.8 Å². The van der Waals surface area contributed by atoms with Gasteiger partial charge >= 0.3 is 5.97 Å². The lowest BCUT2D eigenvalue weighted by Gasteiger charge is -2.23. The maximum atomic E-state index is 14.0. The van der Waals surface area contributed by atoms with E-state index >= 15 is 0 Å². The number of unbranched alkanes of at least 4 members (excludes halogenated alkanes) is 1. The number of carbonyl (C=O) groups excluding carboxylic acids is 1. The van der Waals surface area contributed by atoms with Crippen LogP contribution in [0, 0.1) is 13.8 Å². The fourth-order valence-corrected chi connectivity index (χ4v) is 5.92. The minimum Gasteiger partial charge on any atom is -0.464 e. The van der Waals surface area contributed by atoms with Crippen LogP contribution in [-0.4, -0.2) is 56.4 Å². The summed E-state index contributed by atoms with van der Waals surface area (Å²) in [6.07, 6.45) is 2.35. The van der Waals surface area contributed by atoms with Gasteiger partial charge in [-0.05, 0) is 49.9 Å². The Kier molecular flexibility index (Phi) is 13.1. The van der Waals surface area contributed by atoms with Crippen molar-refractivity contribution in [3.63, 3.8) is 0 Å². The van der Waals surface area contributed by atoms with Crippen molar-refractivity contribution in [3.8, 4) is 11.1 Å². The Morgan fingerprint density at radius 2 is 1.88 bits per heavy atom. The Morgan fingerprint density at radius 1 is 1.12 bits per heavy atom. The number of methoxy groups -OCH3 is 1. The number of aryl methyl sites for hydroxylation is 3. The summed E-state index contributed by atoms with van der Waals surface area (Å²) in [6.45, 7) is 8.62. The van der Waals surface area contributed by atoms with Crippen molar-refractivity contribution in [1.82, 2.24) is 24.5 Å². The van der Waals surface area contributed by atoms with E-state index in [1.165, 1.54) is 11.8 Å².